The predicted molar refractivity (Wildman–Crippen MR) is 66.0 cm³/mol. The first-order valence-electron chi connectivity index (χ1n) is 6.35. The molecule has 1 aliphatic rings. The van der Waals surface area contributed by atoms with E-state index >= 15 is 0 Å². The maximum atomic E-state index is 5.73. The quantitative estimate of drug-likeness (QED) is 0.616. The molecule has 1 rings (SSSR count). The fraction of sp³-hybridized carbons (Fsp3) is 0.714. The Hall–Kier alpha value is -0.560. The van der Waals surface area contributed by atoms with Crippen molar-refractivity contribution in [2.24, 2.45) is 0 Å². The standard InChI is InChI=1S/C14H24O/c1-2-15-14-12-10-8-6-4-3-5-7-9-11-13-14/h4,6-7,9,14H,2-3,5,8,10-13H2,1H3. The summed E-state index contributed by atoms with van der Waals surface area (Å²) in [4.78, 5) is 0. The van der Waals surface area contributed by atoms with Crippen molar-refractivity contribution in [1.82, 2.24) is 0 Å². The van der Waals surface area contributed by atoms with Crippen molar-refractivity contribution in [3.8, 4) is 0 Å². The first kappa shape index (κ1) is 12.5. The van der Waals surface area contributed by atoms with E-state index in [0.29, 0.717) is 6.10 Å². The molecule has 1 nitrogen and oxygen atoms in total. The molecule has 0 N–H and O–H groups in total. The third kappa shape index (κ3) is 6.51. The van der Waals surface area contributed by atoms with E-state index in [1.165, 1.54) is 44.9 Å². The highest BCUT2D eigenvalue weighted by Gasteiger charge is 2.06. The molecule has 0 radical (unpaired) electrons. The van der Waals surface area contributed by atoms with E-state index in [9.17, 15) is 0 Å². The number of rotatable bonds is 2. The second-order valence-corrected chi connectivity index (χ2v) is 4.11. The largest absolute Gasteiger partial charge is 0.378 e. The predicted octanol–water partition coefficient (Wildman–Crippen LogP) is 4.25. The van der Waals surface area contributed by atoms with E-state index in [2.05, 4.69) is 31.2 Å². The third-order valence-corrected chi connectivity index (χ3v) is 2.79. The summed E-state index contributed by atoms with van der Waals surface area (Å²) >= 11 is 0. The molecule has 1 aliphatic carbocycles. The van der Waals surface area contributed by atoms with Crippen molar-refractivity contribution in [1.29, 1.82) is 0 Å². The average Bonchev–Trinajstić information content (AvgIpc) is 2.22. The number of hydrogen-bond donors (Lipinski definition) is 0. The number of hydrogen-bond acceptors (Lipinski definition) is 1. The maximum Gasteiger partial charge on any atom is 0.0578 e. The molecular formula is C14H24O. The summed E-state index contributed by atoms with van der Waals surface area (Å²) in [5.41, 5.74) is 0. The average molecular weight is 208 g/mol. The van der Waals surface area contributed by atoms with Gasteiger partial charge in [-0.25, -0.2) is 0 Å². The van der Waals surface area contributed by atoms with Gasteiger partial charge in [-0.2, -0.15) is 0 Å². The Morgan fingerprint density at radius 2 is 1.60 bits per heavy atom. The van der Waals surface area contributed by atoms with Gasteiger partial charge in [-0.3, -0.25) is 0 Å². The van der Waals surface area contributed by atoms with E-state index in [4.69, 9.17) is 4.74 Å². The highest BCUT2D eigenvalue weighted by molar-refractivity contribution is 4.89. The second-order valence-electron chi connectivity index (χ2n) is 4.11. The molecule has 1 unspecified atom stereocenters. The molecule has 0 aliphatic heterocycles. The van der Waals surface area contributed by atoms with Gasteiger partial charge in [0.05, 0.1) is 6.10 Å². The molecule has 15 heavy (non-hydrogen) atoms. The normalized spacial score (nSPS) is 24.5. The molecule has 0 spiro atoms. The molecule has 0 aromatic heterocycles. The first-order chi connectivity index (χ1) is 7.43. The van der Waals surface area contributed by atoms with E-state index in [1.54, 1.807) is 0 Å². The van der Waals surface area contributed by atoms with E-state index in [1.807, 2.05) is 0 Å². The number of allylic oxidation sites excluding steroid dienone is 4. The molecule has 0 aromatic rings. The van der Waals surface area contributed by atoms with E-state index in [-0.39, 0.29) is 0 Å². The van der Waals surface area contributed by atoms with Crippen molar-refractivity contribution >= 4 is 0 Å². The molecule has 0 bridgehead atoms. The Balaban J connectivity index is 2.34. The Morgan fingerprint density at radius 1 is 0.933 bits per heavy atom. The second kappa shape index (κ2) is 8.72. The van der Waals surface area contributed by atoms with Gasteiger partial charge in [-0.15, -0.1) is 0 Å². The molecule has 0 saturated heterocycles. The van der Waals surface area contributed by atoms with Crippen molar-refractivity contribution in [2.75, 3.05) is 6.61 Å². The Morgan fingerprint density at radius 3 is 2.33 bits per heavy atom. The Bertz CT molecular complexity index is 194. The molecule has 0 saturated carbocycles. The summed E-state index contributed by atoms with van der Waals surface area (Å²) < 4.78 is 5.73. The van der Waals surface area contributed by atoms with Gasteiger partial charge in [0.1, 0.15) is 0 Å². The summed E-state index contributed by atoms with van der Waals surface area (Å²) in [6, 6.07) is 0. The van der Waals surface area contributed by atoms with Crippen LogP contribution in [0, 0.1) is 0 Å². The fourth-order valence-corrected chi connectivity index (χ4v) is 1.96. The van der Waals surface area contributed by atoms with Crippen molar-refractivity contribution < 1.29 is 4.74 Å². The molecular weight excluding hydrogens is 184 g/mol. The monoisotopic (exact) mass is 208 g/mol. The zero-order valence-electron chi connectivity index (χ0n) is 9.95. The van der Waals surface area contributed by atoms with E-state index in [0.717, 1.165) is 6.61 Å². The zero-order chi connectivity index (χ0) is 10.8. The highest BCUT2D eigenvalue weighted by Crippen LogP contribution is 2.13. The van der Waals surface area contributed by atoms with Gasteiger partial charge in [-0.1, -0.05) is 24.3 Å². The third-order valence-electron chi connectivity index (χ3n) is 2.79. The van der Waals surface area contributed by atoms with Crippen LogP contribution in [-0.2, 0) is 4.74 Å². The van der Waals surface area contributed by atoms with Crippen LogP contribution in [0.3, 0.4) is 0 Å². The van der Waals surface area contributed by atoms with Crippen LogP contribution < -0.4 is 0 Å². The van der Waals surface area contributed by atoms with Crippen molar-refractivity contribution in [3.05, 3.63) is 24.3 Å². The molecule has 0 amide bonds. The van der Waals surface area contributed by atoms with Gasteiger partial charge < -0.3 is 4.74 Å². The molecule has 1 atom stereocenters. The Labute approximate surface area is 94.2 Å². The van der Waals surface area contributed by atoms with Crippen LogP contribution in [0.5, 0.6) is 0 Å². The zero-order valence-corrected chi connectivity index (χ0v) is 9.95. The van der Waals surface area contributed by atoms with Gasteiger partial charge in [0, 0.05) is 6.61 Å². The minimum atomic E-state index is 0.479. The van der Waals surface area contributed by atoms with Gasteiger partial charge >= 0.3 is 0 Å². The fourth-order valence-electron chi connectivity index (χ4n) is 1.96. The minimum absolute atomic E-state index is 0.479. The van der Waals surface area contributed by atoms with Gasteiger partial charge in [0.15, 0.2) is 0 Å². The molecule has 0 heterocycles. The van der Waals surface area contributed by atoms with Crippen LogP contribution >= 0.6 is 0 Å². The maximum absolute atomic E-state index is 5.73. The first-order valence-corrected chi connectivity index (χ1v) is 6.35. The van der Waals surface area contributed by atoms with Gasteiger partial charge in [0.25, 0.3) is 0 Å². The van der Waals surface area contributed by atoms with Gasteiger partial charge in [-0.05, 0) is 51.9 Å². The minimum Gasteiger partial charge on any atom is -0.378 e. The van der Waals surface area contributed by atoms with E-state index < -0.39 is 0 Å². The molecule has 0 fully saturated rings. The van der Waals surface area contributed by atoms with Crippen LogP contribution in [-0.4, -0.2) is 12.7 Å². The topological polar surface area (TPSA) is 9.23 Å². The lowest BCUT2D eigenvalue weighted by atomic mass is 10.1. The van der Waals surface area contributed by atoms with Crippen LogP contribution in [0.15, 0.2) is 24.3 Å². The summed E-state index contributed by atoms with van der Waals surface area (Å²) in [5, 5.41) is 0. The summed E-state index contributed by atoms with van der Waals surface area (Å²) in [7, 11) is 0. The lowest BCUT2D eigenvalue weighted by Gasteiger charge is -2.15. The Kier molecular flexibility index (Phi) is 7.28. The molecule has 1 heteroatoms. The van der Waals surface area contributed by atoms with Crippen LogP contribution in [0.2, 0.25) is 0 Å². The molecule has 86 valence electrons. The van der Waals surface area contributed by atoms with Crippen LogP contribution in [0.25, 0.3) is 0 Å². The van der Waals surface area contributed by atoms with Crippen molar-refractivity contribution in [3.63, 3.8) is 0 Å². The SMILES string of the molecule is CCOC1CCC=CCCC=CCCC1. The lowest BCUT2D eigenvalue weighted by Crippen LogP contribution is -2.12. The molecule has 0 aromatic carbocycles. The van der Waals surface area contributed by atoms with Crippen molar-refractivity contribution in [2.45, 2.75) is 58.0 Å². The smallest absolute Gasteiger partial charge is 0.0578 e. The summed E-state index contributed by atoms with van der Waals surface area (Å²) in [6.45, 7) is 2.94. The summed E-state index contributed by atoms with van der Waals surface area (Å²) in [5.74, 6) is 0. The highest BCUT2D eigenvalue weighted by atomic mass is 16.5. The summed E-state index contributed by atoms with van der Waals surface area (Å²) in [6.07, 6.45) is 18.2. The van der Waals surface area contributed by atoms with Crippen LogP contribution in [0.4, 0.5) is 0 Å². The number of ether oxygens (including phenoxy) is 1. The van der Waals surface area contributed by atoms with Crippen LogP contribution in [0.1, 0.15) is 51.9 Å². The van der Waals surface area contributed by atoms with Gasteiger partial charge in [0.2, 0.25) is 0 Å². The lowest BCUT2D eigenvalue weighted by molar-refractivity contribution is 0.0502.